The van der Waals surface area contributed by atoms with Crippen LogP contribution in [0.15, 0.2) is 28.7 Å². The molecule has 1 N–H and O–H groups in total. The Morgan fingerprint density at radius 2 is 1.67 bits per heavy atom. The topological polar surface area (TPSA) is 15.3 Å². The van der Waals surface area contributed by atoms with E-state index in [1.54, 1.807) is 12.1 Å². The first-order valence-electron chi connectivity index (χ1n) is 5.75. The zero-order valence-corrected chi connectivity index (χ0v) is 11.3. The Labute approximate surface area is 112 Å². The van der Waals surface area contributed by atoms with E-state index in [9.17, 15) is 13.2 Å². The Kier molecular flexibility index (Phi) is 4.29. The molecule has 2 rings (SSSR count). The van der Waals surface area contributed by atoms with Crippen molar-refractivity contribution in [2.24, 2.45) is 0 Å². The van der Waals surface area contributed by atoms with Gasteiger partial charge in [0.2, 0.25) is 0 Å². The second kappa shape index (κ2) is 5.59. The van der Waals surface area contributed by atoms with Crippen molar-refractivity contribution in [3.05, 3.63) is 34.3 Å². The van der Waals surface area contributed by atoms with E-state index in [4.69, 9.17) is 0 Å². The number of hydrogen-bond acceptors (Lipinski definition) is 2. The summed E-state index contributed by atoms with van der Waals surface area (Å²) >= 11 is 3.24. The molecule has 0 aliphatic carbocycles. The van der Waals surface area contributed by atoms with Crippen LogP contribution in [0.3, 0.4) is 0 Å². The van der Waals surface area contributed by atoms with Crippen molar-refractivity contribution < 1.29 is 13.2 Å². The van der Waals surface area contributed by atoms with E-state index in [1.807, 2.05) is 0 Å². The minimum Gasteiger partial charge on any atom is -0.314 e. The third kappa shape index (κ3) is 3.24. The first-order valence-corrected chi connectivity index (χ1v) is 6.55. The standard InChI is InChI=1S/C12H14BrF3N2/c13-10-3-1-9(2-4-10)11(12(14,15)16)18-7-5-17-6-8-18/h1-4,11,17H,5-8H2/t11-/m0/s1. The number of halogens is 4. The van der Waals surface area contributed by atoms with Crippen LogP contribution in [0.5, 0.6) is 0 Å². The van der Waals surface area contributed by atoms with E-state index in [1.165, 1.54) is 17.0 Å². The van der Waals surface area contributed by atoms with E-state index >= 15 is 0 Å². The minimum atomic E-state index is -4.24. The molecule has 1 aliphatic heterocycles. The zero-order chi connectivity index (χ0) is 13.2. The van der Waals surface area contributed by atoms with E-state index in [0.717, 1.165) is 4.47 Å². The van der Waals surface area contributed by atoms with E-state index < -0.39 is 12.2 Å². The number of benzene rings is 1. The van der Waals surface area contributed by atoms with Gasteiger partial charge in [0.1, 0.15) is 6.04 Å². The Morgan fingerprint density at radius 1 is 1.11 bits per heavy atom. The molecule has 100 valence electrons. The molecule has 0 bridgehead atoms. The lowest BCUT2D eigenvalue weighted by Gasteiger charge is -2.36. The largest absolute Gasteiger partial charge is 0.408 e. The molecular weight excluding hydrogens is 309 g/mol. The van der Waals surface area contributed by atoms with Crippen molar-refractivity contribution in [3.8, 4) is 0 Å². The van der Waals surface area contributed by atoms with E-state index in [-0.39, 0.29) is 0 Å². The molecule has 1 aliphatic rings. The van der Waals surface area contributed by atoms with Gasteiger partial charge in [-0.05, 0) is 17.7 Å². The summed E-state index contributed by atoms with van der Waals surface area (Å²) in [6, 6.07) is 4.86. The van der Waals surface area contributed by atoms with Crippen LogP contribution in [0.25, 0.3) is 0 Å². The maximum absolute atomic E-state index is 13.2. The summed E-state index contributed by atoms with van der Waals surface area (Å²) in [6.07, 6.45) is -4.24. The fourth-order valence-electron chi connectivity index (χ4n) is 2.19. The third-order valence-corrected chi connectivity index (χ3v) is 3.54. The Hall–Kier alpha value is -0.590. The molecule has 1 saturated heterocycles. The lowest BCUT2D eigenvalue weighted by Crippen LogP contribution is -2.49. The van der Waals surface area contributed by atoms with E-state index in [0.29, 0.717) is 31.7 Å². The summed E-state index contributed by atoms with van der Waals surface area (Å²) in [5.74, 6) is 0. The summed E-state index contributed by atoms with van der Waals surface area (Å²) in [6.45, 7) is 2.03. The van der Waals surface area contributed by atoms with Crippen LogP contribution in [-0.4, -0.2) is 37.3 Å². The molecule has 1 heterocycles. The van der Waals surface area contributed by atoms with Gasteiger partial charge in [-0.2, -0.15) is 13.2 Å². The van der Waals surface area contributed by atoms with Gasteiger partial charge in [-0.15, -0.1) is 0 Å². The van der Waals surface area contributed by atoms with Gasteiger partial charge in [-0.25, -0.2) is 0 Å². The molecule has 1 aromatic rings. The number of nitrogens with one attached hydrogen (secondary N) is 1. The minimum absolute atomic E-state index is 0.299. The molecule has 2 nitrogen and oxygen atoms in total. The van der Waals surface area contributed by atoms with Crippen LogP contribution in [0.4, 0.5) is 13.2 Å². The van der Waals surface area contributed by atoms with Gasteiger partial charge in [0.05, 0.1) is 0 Å². The normalized spacial score (nSPS) is 19.8. The fourth-order valence-corrected chi connectivity index (χ4v) is 2.46. The van der Waals surface area contributed by atoms with Gasteiger partial charge >= 0.3 is 6.18 Å². The third-order valence-electron chi connectivity index (χ3n) is 3.01. The van der Waals surface area contributed by atoms with Gasteiger partial charge in [0.15, 0.2) is 0 Å². The highest BCUT2D eigenvalue weighted by atomic mass is 79.9. The predicted octanol–water partition coefficient (Wildman–Crippen LogP) is 2.96. The molecule has 0 amide bonds. The summed E-state index contributed by atoms with van der Waals surface area (Å²) < 4.78 is 40.4. The predicted molar refractivity (Wildman–Crippen MR) is 67.4 cm³/mol. The lowest BCUT2D eigenvalue weighted by molar-refractivity contribution is -0.187. The first-order chi connectivity index (χ1) is 8.48. The monoisotopic (exact) mass is 322 g/mol. The summed E-state index contributed by atoms with van der Waals surface area (Å²) in [7, 11) is 0. The van der Waals surface area contributed by atoms with Crippen LogP contribution in [-0.2, 0) is 0 Å². The molecule has 6 heteroatoms. The van der Waals surface area contributed by atoms with Crippen molar-refractivity contribution in [1.82, 2.24) is 10.2 Å². The summed E-state index contributed by atoms with van der Waals surface area (Å²) in [4.78, 5) is 1.49. The van der Waals surface area contributed by atoms with Gasteiger partial charge in [0, 0.05) is 30.7 Å². The Morgan fingerprint density at radius 3 is 2.17 bits per heavy atom. The molecule has 0 saturated carbocycles. The Balaban J connectivity index is 2.27. The lowest BCUT2D eigenvalue weighted by atomic mass is 10.0. The maximum atomic E-state index is 13.2. The molecule has 0 radical (unpaired) electrons. The van der Waals surface area contributed by atoms with Crippen LogP contribution in [0.1, 0.15) is 11.6 Å². The molecule has 0 spiro atoms. The average Bonchev–Trinajstić information content (AvgIpc) is 2.32. The smallest absolute Gasteiger partial charge is 0.314 e. The van der Waals surface area contributed by atoms with E-state index in [2.05, 4.69) is 21.2 Å². The maximum Gasteiger partial charge on any atom is 0.408 e. The molecule has 0 unspecified atom stereocenters. The quantitative estimate of drug-likeness (QED) is 0.900. The highest BCUT2D eigenvalue weighted by molar-refractivity contribution is 9.10. The zero-order valence-electron chi connectivity index (χ0n) is 9.67. The number of hydrogen-bond donors (Lipinski definition) is 1. The van der Waals surface area contributed by atoms with Crippen LogP contribution >= 0.6 is 15.9 Å². The highest BCUT2D eigenvalue weighted by Gasteiger charge is 2.44. The number of nitrogens with zero attached hydrogens (tertiary/aromatic N) is 1. The van der Waals surface area contributed by atoms with Crippen molar-refractivity contribution in [1.29, 1.82) is 0 Å². The molecule has 18 heavy (non-hydrogen) atoms. The molecule has 0 aromatic heterocycles. The summed E-state index contributed by atoms with van der Waals surface area (Å²) in [5, 5.41) is 3.07. The average molecular weight is 323 g/mol. The summed E-state index contributed by atoms with van der Waals surface area (Å²) in [5.41, 5.74) is 0.299. The highest BCUT2D eigenvalue weighted by Crippen LogP contribution is 2.38. The molecular formula is C12H14BrF3N2. The van der Waals surface area contributed by atoms with Gasteiger partial charge in [0.25, 0.3) is 0 Å². The van der Waals surface area contributed by atoms with Crippen molar-refractivity contribution in [2.45, 2.75) is 12.2 Å². The Bertz CT molecular complexity index is 385. The van der Waals surface area contributed by atoms with Crippen molar-refractivity contribution in [2.75, 3.05) is 26.2 Å². The van der Waals surface area contributed by atoms with Gasteiger partial charge in [-0.3, -0.25) is 4.90 Å². The van der Waals surface area contributed by atoms with Crippen LogP contribution in [0.2, 0.25) is 0 Å². The molecule has 1 fully saturated rings. The van der Waals surface area contributed by atoms with Crippen molar-refractivity contribution in [3.63, 3.8) is 0 Å². The van der Waals surface area contributed by atoms with Gasteiger partial charge < -0.3 is 5.32 Å². The number of alkyl halides is 3. The van der Waals surface area contributed by atoms with Crippen molar-refractivity contribution >= 4 is 15.9 Å². The molecule has 1 atom stereocenters. The first kappa shape index (κ1) is 13.8. The number of piperazine rings is 1. The fraction of sp³-hybridized carbons (Fsp3) is 0.500. The second-order valence-corrected chi connectivity index (χ2v) is 5.20. The van der Waals surface area contributed by atoms with Crippen LogP contribution in [0, 0.1) is 0 Å². The molecule has 1 aromatic carbocycles. The van der Waals surface area contributed by atoms with Gasteiger partial charge in [-0.1, -0.05) is 28.1 Å². The second-order valence-electron chi connectivity index (χ2n) is 4.28. The number of rotatable bonds is 2. The SMILES string of the molecule is FC(F)(F)[C@H](c1ccc(Br)cc1)N1CCNCC1. The van der Waals surface area contributed by atoms with Crippen LogP contribution < -0.4 is 5.32 Å².